The molecule has 1 amide bonds. The Morgan fingerprint density at radius 3 is 2.59 bits per heavy atom. The molecular formula is C26H20F3N3O5. The molecule has 1 unspecified atom stereocenters. The first kappa shape index (κ1) is 22.5. The number of amides is 1. The average molecular weight is 511 g/mol. The zero-order valence-corrected chi connectivity index (χ0v) is 19.0. The molecule has 0 saturated carbocycles. The van der Waals surface area contributed by atoms with Crippen molar-refractivity contribution in [2.75, 3.05) is 11.9 Å². The molecule has 1 fully saturated rings. The lowest BCUT2D eigenvalue weighted by Gasteiger charge is -2.41. The van der Waals surface area contributed by atoms with Gasteiger partial charge >= 0.3 is 0 Å². The van der Waals surface area contributed by atoms with E-state index in [0.29, 0.717) is 50.1 Å². The smallest absolute Gasteiger partial charge is 0.256 e. The maximum Gasteiger partial charge on any atom is 0.256 e. The third-order valence-electron chi connectivity index (χ3n) is 7.59. The fourth-order valence-corrected chi connectivity index (χ4v) is 6.02. The summed E-state index contributed by atoms with van der Waals surface area (Å²) in [6, 6.07) is 7.36. The number of hydrogen-bond donors (Lipinski definition) is 5. The Hall–Kier alpha value is -3.64. The molecule has 3 aliphatic heterocycles. The SMILES string of the molecule is O=C1NC=C2C1=C1c3cc(F)ccc3NC1c1c2c2cc(F)ccc2n1[C@@H]1O[C@H](CO)[C@@H](F)[C@H](O)[C@H]1O. The van der Waals surface area contributed by atoms with Crippen molar-refractivity contribution in [3.05, 3.63) is 76.6 Å². The number of benzene rings is 2. The Balaban J connectivity index is 1.54. The summed E-state index contributed by atoms with van der Waals surface area (Å²) in [7, 11) is 0. The van der Waals surface area contributed by atoms with Crippen LogP contribution in [0.3, 0.4) is 0 Å². The quantitative estimate of drug-likeness (QED) is 0.361. The van der Waals surface area contributed by atoms with Crippen molar-refractivity contribution in [3.8, 4) is 0 Å². The normalized spacial score (nSPS) is 29.9. The van der Waals surface area contributed by atoms with Gasteiger partial charge in [0.1, 0.15) is 29.9 Å². The third kappa shape index (κ3) is 2.90. The fraction of sp³-hybridized carbons (Fsp3) is 0.269. The van der Waals surface area contributed by atoms with Crippen molar-refractivity contribution in [1.82, 2.24) is 9.88 Å². The van der Waals surface area contributed by atoms with Crippen molar-refractivity contribution in [2.45, 2.75) is 36.8 Å². The Bertz CT molecular complexity index is 1580. The van der Waals surface area contributed by atoms with Crippen LogP contribution in [0.4, 0.5) is 18.9 Å². The highest BCUT2D eigenvalue weighted by atomic mass is 19.1. The fourth-order valence-electron chi connectivity index (χ4n) is 6.02. The van der Waals surface area contributed by atoms with E-state index < -0.39 is 60.9 Å². The van der Waals surface area contributed by atoms with E-state index in [0.717, 1.165) is 0 Å². The lowest BCUT2D eigenvalue weighted by molar-refractivity contribution is -0.235. The second-order valence-corrected chi connectivity index (χ2v) is 9.55. The Morgan fingerprint density at radius 2 is 1.81 bits per heavy atom. The highest BCUT2D eigenvalue weighted by Crippen LogP contribution is 2.56. The number of aromatic nitrogens is 1. The molecular weight excluding hydrogens is 491 g/mol. The topological polar surface area (TPSA) is 116 Å². The zero-order valence-electron chi connectivity index (χ0n) is 19.0. The van der Waals surface area contributed by atoms with Crippen molar-refractivity contribution in [2.24, 2.45) is 0 Å². The number of fused-ring (bicyclic) bond motifs is 9. The predicted molar refractivity (Wildman–Crippen MR) is 126 cm³/mol. The van der Waals surface area contributed by atoms with Gasteiger partial charge in [-0.2, -0.15) is 0 Å². The molecule has 190 valence electrons. The third-order valence-corrected chi connectivity index (χ3v) is 7.59. The maximum absolute atomic E-state index is 14.6. The van der Waals surface area contributed by atoms with Crippen LogP contribution in [0.2, 0.25) is 0 Å². The molecule has 37 heavy (non-hydrogen) atoms. The number of halogens is 3. The van der Waals surface area contributed by atoms with E-state index in [1.165, 1.54) is 41.1 Å². The minimum Gasteiger partial charge on any atom is -0.394 e. The first-order valence-electron chi connectivity index (χ1n) is 11.7. The lowest BCUT2D eigenvalue weighted by Crippen LogP contribution is -2.55. The molecule has 4 aliphatic rings. The number of aliphatic hydroxyl groups excluding tert-OH is 3. The molecule has 5 N–H and O–H groups in total. The van der Waals surface area contributed by atoms with Crippen LogP contribution in [0, 0.1) is 11.6 Å². The van der Waals surface area contributed by atoms with Gasteiger partial charge in [0.2, 0.25) is 0 Å². The summed E-state index contributed by atoms with van der Waals surface area (Å²) >= 11 is 0. The summed E-state index contributed by atoms with van der Waals surface area (Å²) in [5.74, 6) is -1.45. The summed E-state index contributed by atoms with van der Waals surface area (Å²) < 4.78 is 50.7. The molecule has 3 aromatic rings. The first-order valence-corrected chi connectivity index (χ1v) is 11.7. The summed E-state index contributed by atoms with van der Waals surface area (Å²) in [5.41, 5.74) is 3.59. The summed E-state index contributed by atoms with van der Waals surface area (Å²) in [6.45, 7) is -0.747. The van der Waals surface area contributed by atoms with Crippen LogP contribution in [0.5, 0.6) is 0 Å². The lowest BCUT2D eigenvalue weighted by atomic mass is 9.81. The predicted octanol–water partition coefficient (Wildman–Crippen LogP) is 2.27. The average Bonchev–Trinajstić information content (AvgIpc) is 3.54. The van der Waals surface area contributed by atoms with Crippen LogP contribution >= 0.6 is 0 Å². The molecule has 0 spiro atoms. The van der Waals surface area contributed by atoms with E-state index in [9.17, 15) is 33.3 Å². The Kier molecular flexibility index (Phi) is 4.68. The molecule has 0 radical (unpaired) electrons. The van der Waals surface area contributed by atoms with E-state index in [4.69, 9.17) is 4.74 Å². The molecule has 2 aromatic carbocycles. The first-order chi connectivity index (χ1) is 17.8. The van der Waals surface area contributed by atoms with Crippen LogP contribution in [0.1, 0.15) is 29.1 Å². The molecule has 1 aliphatic carbocycles. The van der Waals surface area contributed by atoms with E-state index in [-0.39, 0.29) is 0 Å². The van der Waals surface area contributed by atoms with Crippen molar-refractivity contribution in [3.63, 3.8) is 0 Å². The zero-order chi connectivity index (χ0) is 25.7. The van der Waals surface area contributed by atoms with Gasteiger partial charge in [0.05, 0.1) is 29.4 Å². The van der Waals surface area contributed by atoms with Gasteiger partial charge in [-0.25, -0.2) is 13.2 Å². The Morgan fingerprint density at radius 1 is 1.05 bits per heavy atom. The number of anilines is 1. The van der Waals surface area contributed by atoms with E-state index in [1.807, 2.05) is 0 Å². The summed E-state index contributed by atoms with van der Waals surface area (Å²) in [6.07, 6.45) is -6.95. The molecule has 4 heterocycles. The standard InChI is InChI=1S/C26H20F3N3O5/c27-9-1-3-14-11(5-9)18-19-13(7-30-25(19)36)17-12-6-10(28)2-4-15(12)32(22(17)21(18)31-14)26-24(35)23(34)20(29)16(8-33)37-26/h1-7,16,20-21,23-24,26,31,33-35H,8H2,(H,30,36)/t16-,20-,21?,23+,24-,26-/m1/s1. The van der Waals surface area contributed by atoms with Crippen LogP contribution < -0.4 is 10.6 Å². The van der Waals surface area contributed by atoms with E-state index in [2.05, 4.69) is 10.6 Å². The van der Waals surface area contributed by atoms with Crippen LogP contribution in [-0.2, 0) is 9.53 Å². The van der Waals surface area contributed by atoms with Crippen LogP contribution in [0.15, 0.2) is 48.2 Å². The molecule has 7 rings (SSSR count). The van der Waals surface area contributed by atoms with Crippen LogP contribution in [0.25, 0.3) is 22.0 Å². The molecule has 8 nitrogen and oxygen atoms in total. The van der Waals surface area contributed by atoms with Gasteiger partial charge in [0.25, 0.3) is 5.91 Å². The number of nitrogens with one attached hydrogen (secondary N) is 2. The molecule has 11 heteroatoms. The molecule has 1 aromatic heterocycles. The number of carbonyl (C=O) groups is 1. The minimum atomic E-state index is -2.04. The number of aliphatic hydroxyl groups is 3. The van der Waals surface area contributed by atoms with E-state index in [1.54, 1.807) is 6.07 Å². The molecule has 0 bridgehead atoms. The largest absolute Gasteiger partial charge is 0.394 e. The van der Waals surface area contributed by atoms with Gasteiger partial charge in [-0.05, 0) is 36.4 Å². The molecule has 6 atom stereocenters. The van der Waals surface area contributed by atoms with Crippen LogP contribution in [-0.4, -0.2) is 56.9 Å². The van der Waals surface area contributed by atoms with Crippen molar-refractivity contribution >= 4 is 33.6 Å². The summed E-state index contributed by atoms with van der Waals surface area (Å²) in [5, 5.41) is 37.5. The van der Waals surface area contributed by atoms with Gasteiger partial charge in [0.15, 0.2) is 12.4 Å². The second kappa shape index (κ2) is 7.68. The number of alkyl halides is 1. The van der Waals surface area contributed by atoms with E-state index >= 15 is 0 Å². The van der Waals surface area contributed by atoms with Gasteiger partial charge in [-0.1, -0.05) is 0 Å². The highest BCUT2D eigenvalue weighted by Gasteiger charge is 2.50. The number of rotatable bonds is 2. The monoisotopic (exact) mass is 511 g/mol. The maximum atomic E-state index is 14.6. The van der Waals surface area contributed by atoms with Gasteiger partial charge in [-0.15, -0.1) is 0 Å². The highest BCUT2D eigenvalue weighted by molar-refractivity contribution is 6.25. The molecule has 1 saturated heterocycles. The minimum absolute atomic E-state index is 0.305. The number of nitrogens with zero attached hydrogens (tertiary/aromatic N) is 1. The van der Waals surface area contributed by atoms with Crippen molar-refractivity contribution < 1.29 is 38.0 Å². The summed E-state index contributed by atoms with van der Waals surface area (Å²) in [4.78, 5) is 13.0. The van der Waals surface area contributed by atoms with Crippen molar-refractivity contribution in [1.29, 1.82) is 0 Å². The van der Waals surface area contributed by atoms with Gasteiger partial charge in [-0.3, -0.25) is 4.79 Å². The number of carbonyl (C=O) groups excluding carboxylic acids is 1. The van der Waals surface area contributed by atoms with Gasteiger partial charge in [0, 0.05) is 39.5 Å². The number of ether oxygens (including phenoxy) is 1. The van der Waals surface area contributed by atoms with Gasteiger partial charge < -0.3 is 35.3 Å². The Labute approximate surface area is 207 Å². The number of hydrogen-bond acceptors (Lipinski definition) is 6. The second-order valence-electron chi connectivity index (χ2n) is 9.55.